The molecule has 0 atom stereocenters. The summed E-state index contributed by atoms with van der Waals surface area (Å²) >= 11 is 0. The molecule has 0 aliphatic carbocycles. The number of hydrogen-bond acceptors (Lipinski definition) is 4. The molecule has 3 N–H and O–H groups in total. The van der Waals surface area contributed by atoms with Crippen molar-refractivity contribution in [3.05, 3.63) is 30.5 Å². The lowest BCUT2D eigenvalue weighted by Gasteiger charge is -2.07. The first-order valence-electron chi connectivity index (χ1n) is 6.04. The second-order valence-electron chi connectivity index (χ2n) is 4.27. The van der Waals surface area contributed by atoms with E-state index in [0.29, 0.717) is 12.4 Å². The molecule has 0 saturated carbocycles. The first kappa shape index (κ1) is 11.7. The van der Waals surface area contributed by atoms with Gasteiger partial charge in [-0.3, -0.25) is 5.10 Å². The van der Waals surface area contributed by atoms with Crippen molar-refractivity contribution in [3.63, 3.8) is 0 Å². The second-order valence-corrected chi connectivity index (χ2v) is 4.27. The normalized spacial score (nSPS) is 11.2. The van der Waals surface area contributed by atoms with Crippen LogP contribution in [0, 0.1) is 0 Å². The summed E-state index contributed by atoms with van der Waals surface area (Å²) < 4.78 is 7.26. The third-order valence-corrected chi connectivity index (χ3v) is 3.08. The average Bonchev–Trinajstić information content (AvgIpc) is 2.99. The summed E-state index contributed by atoms with van der Waals surface area (Å²) in [6, 6.07) is 7.99. The van der Waals surface area contributed by atoms with E-state index in [2.05, 4.69) is 19.7 Å². The lowest BCUT2D eigenvalue weighted by molar-refractivity contribution is 0.188. The number of methoxy groups -OCH3 is 1. The van der Waals surface area contributed by atoms with Crippen LogP contribution in [0.5, 0.6) is 0 Å². The fourth-order valence-corrected chi connectivity index (χ4v) is 2.16. The number of benzene rings is 1. The minimum Gasteiger partial charge on any atom is -0.383 e. The summed E-state index contributed by atoms with van der Waals surface area (Å²) in [6.07, 6.45) is 1.69. The van der Waals surface area contributed by atoms with Crippen molar-refractivity contribution in [2.24, 2.45) is 0 Å². The van der Waals surface area contributed by atoms with Crippen LogP contribution in [0.3, 0.4) is 0 Å². The fraction of sp³-hybridized carbons (Fsp3) is 0.231. The predicted molar refractivity (Wildman–Crippen MR) is 73.6 cm³/mol. The molecule has 3 rings (SSSR count). The maximum atomic E-state index is 5.89. The number of nitrogens with zero attached hydrogens (tertiary/aromatic N) is 3. The van der Waals surface area contributed by atoms with Crippen molar-refractivity contribution in [2.45, 2.75) is 6.54 Å². The minimum atomic E-state index is 0.522. The van der Waals surface area contributed by atoms with E-state index in [1.807, 2.05) is 24.3 Å². The van der Waals surface area contributed by atoms with Crippen LogP contribution in [0.25, 0.3) is 22.4 Å². The zero-order valence-electron chi connectivity index (χ0n) is 10.6. The van der Waals surface area contributed by atoms with Gasteiger partial charge in [0.2, 0.25) is 0 Å². The lowest BCUT2D eigenvalue weighted by Crippen LogP contribution is -2.06. The molecule has 98 valence electrons. The Labute approximate surface area is 110 Å². The Morgan fingerprint density at radius 2 is 2.21 bits per heavy atom. The molecular weight excluding hydrogens is 242 g/mol. The number of aromatic nitrogens is 4. The molecule has 0 aliphatic rings. The number of hydrogen-bond donors (Lipinski definition) is 2. The molecule has 2 aromatic heterocycles. The third-order valence-electron chi connectivity index (χ3n) is 3.08. The highest BCUT2D eigenvalue weighted by atomic mass is 16.5. The van der Waals surface area contributed by atoms with Crippen LogP contribution >= 0.6 is 0 Å². The van der Waals surface area contributed by atoms with Gasteiger partial charge in [-0.1, -0.05) is 12.1 Å². The number of nitrogen functional groups attached to an aromatic ring is 1. The Morgan fingerprint density at radius 1 is 1.37 bits per heavy atom. The zero-order valence-corrected chi connectivity index (χ0v) is 10.6. The Balaban J connectivity index is 2.20. The van der Waals surface area contributed by atoms with Crippen molar-refractivity contribution in [2.75, 3.05) is 19.5 Å². The van der Waals surface area contributed by atoms with Gasteiger partial charge in [0, 0.05) is 13.7 Å². The smallest absolute Gasteiger partial charge is 0.146 e. The molecular formula is C13H15N5O. The van der Waals surface area contributed by atoms with Crippen molar-refractivity contribution in [1.29, 1.82) is 0 Å². The number of ether oxygens (including phenoxy) is 1. The monoisotopic (exact) mass is 257 g/mol. The summed E-state index contributed by atoms with van der Waals surface area (Å²) in [5.41, 5.74) is 8.71. The maximum absolute atomic E-state index is 5.89. The van der Waals surface area contributed by atoms with Gasteiger partial charge in [0.15, 0.2) is 0 Å². The van der Waals surface area contributed by atoms with E-state index in [1.54, 1.807) is 13.3 Å². The number of rotatable bonds is 4. The summed E-state index contributed by atoms with van der Waals surface area (Å²) in [5.74, 6) is 1.33. The number of H-pyrrole nitrogens is 1. The number of nitrogens with two attached hydrogens (primary N) is 1. The maximum Gasteiger partial charge on any atom is 0.146 e. The van der Waals surface area contributed by atoms with Gasteiger partial charge in [0.05, 0.1) is 29.4 Å². The van der Waals surface area contributed by atoms with Crippen molar-refractivity contribution < 1.29 is 4.74 Å². The number of anilines is 1. The molecule has 3 aromatic rings. The quantitative estimate of drug-likeness (QED) is 0.744. The highest BCUT2D eigenvalue weighted by molar-refractivity contribution is 5.82. The van der Waals surface area contributed by atoms with E-state index in [-0.39, 0.29) is 0 Å². The highest BCUT2D eigenvalue weighted by Gasteiger charge is 2.15. The van der Waals surface area contributed by atoms with Crippen molar-refractivity contribution in [3.8, 4) is 11.4 Å². The second kappa shape index (κ2) is 4.74. The van der Waals surface area contributed by atoms with E-state index in [1.165, 1.54) is 0 Å². The molecule has 1 aromatic carbocycles. The summed E-state index contributed by atoms with van der Waals surface area (Å²) in [4.78, 5) is 4.64. The van der Waals surface area contributed by atoms with E-state index in [9.17, 15) is 0 Å². The van der Waals surface area contributed by atoms with Crippen LogP contribution in [0.2, 0.25) is 0 Å². The Hall–Kier alpha value is -2.34. The van der Waals surface area contributed by atoms with Crippen LogP contribution in [-0.2, 0) is 11.3 Å². The van der Waals surface area contributed by atoms with E-state index >= 15 is 0 Å². The van der Waals surface area contributed by atoms with Gasteiger partial charge in [-0.05, 0) is 12.1 Å². The van der Waals surface area contributed by atoms with Crippen LogP contribution < -0.4 is 5.73 Å². The molecule has 19 heavy (non-hydrogen) atoms. The van der Waals surface area contributed by atoms with Gasteiger partial charge in [-0.2, -0.15) is 5.10 Å². The minimum absolute atomic E-state index is 0.522. The van der Waals surface area contributed by atoms with Gasteiger partial charge in [0.25, 0.3) is 0 Å². The van der Waals surface area contributed by atoms with Gasteiger partial charge < -0.3 is 15.0 Å². The molecule has 0 spiro atoms. The highest BCUT2D eigenvalue weighted by Crippen LogP contribution is 2.27. The van der Waals surface area contributed by atoms with Crippen LogP contribution in [0.15, 0.2) is 30.5 Å². The van der Waals surface area contributed by atoms with Gasteiger partial charge in [-0.15, -0.1) is 0 Å². The van der Waals surface area contributed by atoms with Gasteiger partial charge >= 0.3 is 0 Å². The fourth-order valence-electron chi connectivity index (χ4n) is 2.16. The first-order chi connectivity index (χ1) is 9.31. The van der Waals surface area contributed by atoms with E-state index < -0.39 is 0 Å². The molecule has 0 saturated heterocycles. The molecule has 6 nitrogen and oxygen atoms in total. The number of para-hydroxylation sites is 2. The molecule has 6 heteroatoms. The van der Waals surface area contributed by atoms with E-state index in [0.717, 1.165) is 29.0 Å². The molecule has 0 bridgehead atoms. The van der Waals surface area contributed by atoms with Gasteiger partial charge in [-0.25, -0.2) is 4.98 Å². The molecule has 0 amide bonds. The average molecular weight is 257 g/mol. The standard InChI is InChI=1S/C13H15N5O/c1-19-7-6-18-11-5-3-2-4-10(11)16-13(18)9-8-15-17-12(9)14/h2-5,8H,6-7H2,1H3,(H3,14,15,17). The largest absolute Gasteiger partial charge is 0.383 e. The number of fused-ring (bicyclic) bond motifs is 1. The molecule has 0 radical (unpaired) electrons. The van der Waals surface area contributed by atoms with Crippen molar-refractivity contribution in [1.82, 2.24) is 19.7 Å². The molecule has 2 heterocycles. The number of imidazole rings is 1. The van der Waals surface area contributed by atoms with Crippen LogP contribution in [0.1, 0.15) is 0 Å². The summed E-state index contributed by atoms with van der Waals surface area (Å²) in [6.45, 7) is 1.34. The van der Waals surface area contributed by atoms with E-state index in [4.69, 9.17) is 10.5 Å². The lowest BCUT2D eigenvalue weighted by atomic mass is 10.3. The third kappa shape index (κ3) is 1.96. The molecule has 0 unspecified atom stereocenters. The zero-order chi connectivity index (χ0) is 13.2. The van der Waals surface area contributed by atoms with Crippen LogP contribution in [-0.4, -0.2) is 33.5 Å². The Kier molecular flexibility index (Phi) is 2.92. The Morgan fingerprint density at radius 3 is 2.95 bits per heavy atom. The topological polar surface area (TPSA) is 81.8 Å². The predicted octanol–water partition coefficient (Wildman–Crippen LogP) is 1.65. The first-order valence-corrected chi connectivity index (χ1v) is 6.04. The number of aromatic amines is 1. The molecule has 0 aliphatic heterocycles. The van der Waals surface area contributed by atoms with Crippen LogP contribution in [0.4, 0.5) is 5.82 Å². The SMILES string of the molecule is COCCn1c(-c2cn[nH]c2N)nc2ccccc21. The number of nitrogens with one attached hydrogen (secondary N) is 1. The van der Waals surface area contributed by atoms with Gasteiger partial charge in [0.1, 0.15) is 11.6 Å². The summed E-state index contributed by atoms with van der Waals surface area (Å²) in [5, 5.41) is 6.69. The van der Waals surface area contributed by atoms with Crippen molar-refractivity contribution >= 4 is 16.9 Å². The Bertz CT molecular complexity index is 700. The summed E-state index contributed by atoms with van der Waals surface area (Å²) in [7, 11) is 1.69. The molecule has 0 fully saturated rings.